The maximum atomic E-state index is 10.7. The van der Waals surface area contributed by atoms with E-state index in [1.807, 2.05) is 0 Å². The van der Waals surface area contributed by atoms with Gasteiger partial charge >= 0.3 is 5.97 Å². The van der Waals surface area contributed by atoms with E-state index in [4.69, 9.17) is 9.84 Å². The predicted molar refractivity (Wildman–Crippen MR) is 39.1 cm³/mol. The van der Waals surface area contributed by atoms with E-state index in [9.17, 15) is 9.90 Å². The van der Waals surface area contributed by atoms with E-state index in [0.717, 1.165) is 0 Å². The van der Waals surface area contributed by atoms with E-state index < -0.39 is 24.3 Å². The molecule has 0 saturated carbocycles. The molecule has 2 rings (SSSR count). The number of carbonyl (C=O) groups excluding carboxylic acids is 1. The molecule has 0 saturated heterocycles. The lowest BCUT2D eigenvalue weighted by Crippen LogP contribution is -2.39. The van der Waals surface area contributed by atoms with Crippen molar-refractivity contribution in [1.82, 2.24) is 0 Å². The van der Waals surface area contributed by atoms with Crippen LogP contribution < -0.4 is 0 Å². The maximum absolute atomic E-state index is 10.7. The van der Waals surface area contributed by atoms with Gasteiger partial charge in [-0.2, -0.15) is 0 Å². The molecule has 0 unspecified atom stereocenters. The number of rotatable bonds is 0. The average molecular weight is 168 g/mol. The van der Waals surface area contributed by atoms with Gasteiger partial charge in [0.25, 0.3) is 0 Å². The monoisotopic (exact) mass is 168 g/mol. The molecule has 0 radical (unpaired) electrons. The first kappa shape index (κ1) is 7.52. The van der Waals surface area contributed by atoms with Gasteiger partial charge in [-0.1, -0.05) is 12.2 Å². The highest BCUT2D eigenvalue weighted by molar-refractivity contribution is 5.87. The van der Waals surface area contributed by atoms with E-state index in [-0.39, 0.29) is 0 Å². The molecule has 64 valence electrons. The first-order valence-corrected chi connectivity index (χ1v) is 3.65. The third kappa shape index (κ3) is 0.964. The highest BCUT2D eigenvalue weighted by Gasteiger charge is 2.37. The predicted octanol–water partition coefficient (Wildman–Crippen LogP) is -0.870. The Morgan fingerprint density at radius 2 is 2.17 bits per heavy atom. The Bertz CT molecular complexity index is 279. The van der Waals surface area contributed by atoms with Crippen molar-refractivity contribution in [1.29, 1.82) is 0 Å². The summed E-state index contributed by atoms with van der Waals surface area (Å²) in [6.45, 7) is 0. The Morgan fingerprint density at radius 1 is 1.42 bits per heavy atom. The largest absolute Gasteiger partial charge is 0.451 e. The normalized spacial score (nSPS) is 39.0. The molecule has 0 fully saturated rings. The number of esters is 1. The number of hydrogen-bond donors (Lipinski definition) is 2. The fraction of sp³-hybridized carbons (Fsp3) is 0.375. The number of aliphatic hydroxyl groups is 2. The van der Waals surface area contributed by atoms with Gasteiger partial charge in [0.15, 0.2) is 6.10 Å². The van der Waals surface area contributed by atoms with Crippen molar-refractivity contribution >= 4 is 5.97 Å². The number of carbonyl (C=O) groups is 1. The topological polar surface area (TPSA) is 66.8 Å². The zero-order chi connectivity index (χ0) is 8.72. The van der Waals surface area contributed by atoms with Crippen LogP contribution in [0, 0.1) is 0 Å². The molecule has 1 heterocycles. The van der Waals surface area contributed by atoms with Crippen LogP contribution in [0.25, 0.3) is 0 Å². The van der Waals surface area contributed by atoms with E-state index in [0.29, 0.717) is 5.57 Å². The van der Waals surface area contributed by atoms with Crippen molar-refractivity contribution in [3.05, 3.63) is 23.8 Å². The van der Waals surface area contributed by atoms with Crippen molar-refractivity contribution < 1.29 is 19.7 Å². The van der Waals surface area contributed by atoms with Gasteiger partial charge < -0.3 is 14.9 Å². The molecule has 3 atom stereocenters. The molecular formula is C8H8O4. The zero-order valence-corrected chi connectivity index (χ0v) is 6.18. The third-order valence-corrected chi connectivity index (χ3v) is 2.00. The molecule has 4 heteroatoms. The van der Waals surface area contributed by atoms with Crippen molar-refractivity contribution in [2.45, 2.75) is 18.3 Å². The fourth-order valence-electron chi connectivity index (χ4n) is 1.36. The van der Waals surface area contributed by atoms with Crippen LogP contribution in [0.4, 0.5) is 0 Å². The molecule has 2 aliphatic rings. The van der Waals surface area contributed by atoms with Gasteiger partial charge in [-0.15, -0.1) is 0 Å². The molecule has 2 N–H and O–H groups in total. The quantitative estimate of drug-likeness (QED) is 0.461. The molecule has 0 aromatic heterocycles. The summed E-state index contributed by atoms with van der Waals surface area (Å²) in [5.41, 5.74) is 0.623. The van der Waals surface area contributed by atoms with Crippen LogP contribution in [0.1, 0.15) is 0 Å². The molecule has 12 heavy (non-hydrogen) atoms. The highest BCUT2D eigenvalue weighted by Crippen LogP contribution is 2.26. The summed E-state index contributed by atoms with van der Waals surface area (Å²) in [6, 6.07) is 0. The van der Waals surface area contributed by atoms with E-state index >= 15 is 0 Å². The molecule has 0 spiro atoms. The van der Waals surface area contributed by atoms with Gasteiger partial charge in [0, 0.05) is 11.6 Å². The lowest BCUT2D eigenvalue weighted by molar-refractivity contribution is -0.145. The summed E-state index contributed by atoms with van der Waals surface area (Å²) in [5.74, 6) is -0.465. The van der Waals surface area contributed by atoms with Crippen molar-refractivity contribution in [3.8, 4) is 0 Å². The Labute approximate surface area is 68.8 Å². The molecule has 1 aliphatic heterocycles. The Hall–Kier alpha value is -1.13. The van der Waals surface area contributed by atoms with Crippen LogP contribution >= 0.6 is 0 Å². The van der Waals surface area contributed by atoms with Gasteiger partial charge in [-0.25, -0.2) is 4.79 Å². The van der Waals surface area contributed by atoms with Crippen molar-refractivity contribution in [2.75, 3.05) is 0 Å². The van der Waals surface area contributed by atoms with E-state index in [1.54, 1.807) is 6.08 Å². The summed E-state index contributed by atoms with van der Waals surface area (Å²) in [4.78, 5) is 10.7. The maximum Gasteiger partial charge on any atom is 0.331 e. The third-order valence-electron chi connectivity index (χ3n) is 2.00. The van der Waals surface area contributed by atoms with Crippen LogP contribution in [-0.4, -0.2) is 34.5 Å². The lowest BCUT2D eigenvalue weighted by atomic mass is 9.95. The summed E-state index contributed by atoms with van der Waals surface area (Å²) in [6.07, 6.45) is 1.68. The molecular weight excluding hydrogens is 160 g/mol. The minimum absolute atomic E-state index is 0.465. The SMILES string of the molecule is O=C1C=C2C=C[C@@H](O)[C@@H](O)[C@H]2O1. The summed E-state index contributed by atoms with van der Waals surface area (Å²) < 4.78 is 4.76. The second-order valence-electron chi connectivity index (χ2n) is 2.84. The van der Waals surface area contributed by atoms with Crippen LogP contribution in [0.5, 0.6) is 0 Å². The van der Waals surface area contributed by atoms with Gasteiger partial charge in [0.05, 0.1) is 0 Å². The Balaban J connectivity index is 2.32. The second-order valence-corrected chi connectivity index (χ2v) is 2.84. The second kappa shape index (κ2) is 2.43. The van der Waals surface area contributed by atoms with E-state index in [1.165, 1.54) is 12.2 Å². The van der Waals surface area contributed by atoms with Crippen LogP contribution in [-0.2, 0) is 9.53 Å². The zero-order valence-electron chi connectivity index (χ0n) is 6.18. The summed E-state index contributed by atoms with van der Waals surface area (Å²) in [7, 11) is 0. The first-order valence-electron chi connectivity index (χ1n) is 3.65. The van der Waals surface area contributed by atoms with Crippen LogP contribution in [0.15, 0.2) is 23.8 Å². The average Bonchev–Trinajstić information content (AvgIpc) is 2.39. The van der Waals surface area contributed by atoms with Crippen LogP contribution in [0.2, 0.25) is 0 Å². The molecule has 0 bridgehead atoms. The standard InChI is InChI=1S/C8H8O4/c9-5-2-1-4-3-6(10)12-8(4)7(5)11/h1-3,5,7-9,11H/t5-,7-,8+/m1/s1. The smallest absolute Gasteiger partial charge is 0.331 e. The van der Waals surface area contributed by atoms with Crippen molar-refractivity contribution in [2.24, 2.45) is 0 Å². The highest BCUT2D eigenvalue weighted by atomic mass is 16.6. The molecule has 0 aromatic rings. The summed E-state index contributed by atoms with van der Waals surface area (Å²) >= 11 is 0. The molecule has 0 amide bonds. The lowest BCUT2D eigenvalue weighted by Gasteiger charge is -2.25. The fourth-order valence-corrected chi connectivity index (χ4v) is 1.36. The number of fused-ring (bicyclic) bond motifs is 1. The number of hydrogen-bond acceptors (Lipinski definition) is 4. The van der Waals surface area contributed by atoms with Gasteiger partial charge in [-0.3, -0.25) is 0 Å². The number of aliphatic hydroxyl groups excluding tert-OH is 2. The summed E-state index contributed by atoms with van der Waals surface area (Å²) in [5, 5.41) is 18.5. The number of ether oxygens (including phenoxy) is 1. The minimum Gasteiger partial charge on any atom is -0.451 e. The molecule has 4 nitrogen and oxygen atoms in total. The van der Waals surface area contributed by atoms with Gasteiger partial charge in [0.1, 0.15) is 12.2 Å². The van der Waals surface area contributed by atoms with Gasteiger partial charge in [0.2, 0.25) is 0 Å². The van der Waals surface area contributed by atoms with Crippen molar-refractivity contribution in [3.63, 3.8) is 0 Å². The molecule has 0 aromatic carbocycles. The van der Waals surface area contributed by atoms with Crippen LogP contribution in [0.3, 0.4) is 0 Å². The Kier molecular flexibility index (Phi) is 1.52. The van der Waals surface area contributed by atoms with E-state index in [2.05, 4.69) is 0 Å². The molecule has 1 aliphatic carbocycles. The Morgan fingerprint density at radius 3 is 2.92 bits per heavy atom. The minimum atomic E-state index is -1.03. The van der Waals surface area contributed by atoms with Gasteiger partial charge in [-0.05, 0) is 0 Å². The first-order chi connectivity index (χ1) is 5.68.